The number of ether oxygens (including phenoxy) is 3. The van der Waals surface area contributed by atoms with Crippen LogP contribution in [0.2, 0.25) is 18.6 Å². The second-order valence-corrected chi connectivity index (χ2v) is 18.9. The number of para-hydroxylation sites is 1. The smallest absolute Gasteiger partial charge is 0.264 e. The quantitative estimate of drug-likeness (QED) is 0.135. The predicted molar refractivity (Wildman–Crippen MR) is 203 cm³/mol. The van der Waals surface area contributed by atoms with Crippen molar-refractivity contribution in [3.63, 3.8) is 0 Å². The van der Waals surface area contributed by atoms with Gasteiger partial charge in [0.1, 0.15) is 11.5 Å². The number of nitrogens with one attached hydrogen (secondary N) is 2. The summed E-state index contributed by atoms with van der Waals surface area (Å²) in [5.41, 5.74) is 3.93. The zero-order valence-electron chi connectivity index (χ0n) is 29.7. The fourth-order valence-corrected chi connectivity index (χ4v) is 12.6. The van der Waals surface area contributed by atoms with E-state index in [-0.39, 0.29) is 42.4 Å². The Morgan fingerprint density at radius 1 is 0.980 bits per heavy atom. The second kappa shape index (κ2) is 13.7. The number of aliphatic hydroxyl groups excluding tert-OH is 1. The van der Waals surface area contributed by atoms with Crippen LogP contribution < -0.4 is 24.9 Å². The second-order valence-electron chi connectivity index (χ2n) is 14.2. The summed E-state index contributed by atoms with van der Waals surface area (Å²) in [5, 5.41) is 15.5. The maximum absolute atomic E-state index is 14.9. The molecule has 0 aliphatic carbocycles. The van der Waals surface area contributed by atoms with Gasteiger partial charge in [0.2, 0.25) is 5.91 Å². The van der Waals surface area contributed by atoms with Gasteiger partial charge in [0.05, 0.1) is 47.1 Å². The molecule has 0 unspecified atom stereocenters. The summed E-state index contributed by atoms with van der Waals surface area (Å²) in [6, 6.07) is 29.6. The van der Waals surface area contributed by atoms with Gasteiger partial charge in [-0.05, 0) is 71.6 Å². The highest BCUT2D eigenvalue weighted by molar-refractivity contribution is 6.91. The molecule has 4 aromatic carbocycles. The summed E-state index contributed by atoms with van der Waals surface area (Å²) < 4.78 is 18.1. The van der Waals surface area contributed by atoms with Gasteiger partial charge in [0, 0.05) is 40.9 Å². The van der Waals surface area contributed by atoms with Crippen LogP contribution in [0, 0.1) is 5.92 Å². The summed E-state index contributed by atoms with van der Waals surface area (Å²) >= 11 is 0. The van der Waals surface area contributed by atoms with Crippen LogP contribution in [0.3, 0.4) is 0 Å². The Balaban J connectivity index is 1.15. The van der Waals surface area contributed by atoms with E-state index in [1.54, 1.807) is 14.2 Å². The number of aromatic amines is 1. The van der Waals surface area contributed by atoms with Crippen molar-refractivity contribution < 1.29 is 28.9 Å². The molecule has 7 rings (SSSR count). The van der Waals surface area contributed by atoms with E-state index in [1.807, 2.05) is 90.0 Å². The minimum Gasteiger partial charge on any atom is -0.497 e. The minimum absolute atomic E-state index is 0.0353. The number of fused-ring (bicyclic) bond motifs is 3. The van der Waals surface area contributed by atoms with E-state index in [4.69, 9.17) is 14.2 Å². The van der Waals surface area contributed by atoms with Crippen molar-refractivity contribution in [2.24, 2.45) is 5.92 Å². The number of aromatic nitrogens is 1. The topological polar surface area (TPSA) is 113 Å². The highest BCUT2D eigenvalue weighted by Crippen LogP contribution is 2.60. The van der Waals surface area contributed by atoms with Crippen LogP contribution in [0.25, 0.3) is 10.9 Å². The van der Waals surface area contributed by atoms with E-state index < -0.39 is 13.7 Å². The van der Waals surface area contributed by atoms with Gasteiger partial charge in [-0.2, -0.15) is 0 Å². The number of aliphatic hydroxyl groups is 1. The molecule has 1 saturated heterocycles. The van der Waals surface area contributed by atoms with Crippen molar-refractivity contribution in [2.75, 3.05) is 31.0 Å². The molecule has 4 atom stereocenters. The van der Waals surface area contributed by atoms with Crippen molar-refractivity contribution >= 4 is 47.4 Å². The fraction of sp³-hybridized carbons (Fsp3) is 0.317. The van der Waals surface area contributed by atoms with Crippen molar-refractivity contribution in [3.05, 3.63) is 114 Å². The standard InChI is InChI=1S/C41H45N3O6Si/c1-26-39(51(4,5)32-17-14-30(48-2)15-18-32)37(20-21-45)50-41(26)34-23-31(49-3)16-19-36(34)44(40(41)47)25-27-10-12-29(13-11-27)43-38(46)22-28-24-42-35-9-7-6-8-33(28)35/h6-19,23-24,26,37,39,42,45H,20-22,25H2,1-5H3,(H,43,46)/t26-,37+,39-,41+/m0/s1. The molecular formula is C41H45N3O6Si. The largest absolute Gasteiger partial charge is 0.497 e. The zero-order chi connectivity index (χ0) is 35.9. The third-order valence-corrected chi connectivity index (χ3v) is 15.4. The van der Waals surface area contributed by atoms with Crippen LogP contribution in [0.4, 0.5) is 11.4 Å². The van der Waals surface area contributed by atoms with E-state index in [9.17, 15) is 14.7 Å². The minimum atomic E-state index is -2.29. The first-order valence-corrected chi connectivity index (χ1v) is 20.6. The van der Waals surface area contributed by atoms with Gasteiger partial charge < -0.3 is 34.5 Å². The van der Waals surface area contributed by atoms with Crippen LogP contribution in [-0.2, 0) is 32.9 Å². The predicted octanol–water partition coefficient (Wildman–Crippen LogP) is 6.51. The molecule has 3 heterocycles. The number of methoxy groups -OCH3 is 2. The molecule has 1 aromatic heterocycles. The summed E-state index contributed by atoms with van der Waals surface area (Å²) in [4.78, 5) is 32.9. The van der Waals surface area contributed by atoms with Gasteiger partial charge >= 0.3 is 0 Å². The lowest BCUT2D eigenvalue weighted by Crippen LogP contribution is -2.51. The van der Waals surface area contributed by atoms with E-state index in [1.165, 1.54) is 5.19 Å². The van der Waals surface area contributed by atoms with Crippen LogP contribution in [0.5, 0.6) is 11.5 Å². The summed E-state index contributed by atoms with van der Waals surface area (Å²) in [5.74, 6) is 1.05. The Labute approximate surface area is 299 Å². The number of anilines is 2. The van der Waals surface area contributed by atoms with Crippen molar-refractivity contribution in [2.45, 2.75) is 56.7 Å². The molecular weight excluding hydrogens is 659 g/mol. The molecule has 0 bridgehead atoms. The highest BCUT2D eigenvalue weighted by atomic mass is 28.3. The highest BCUT2D eigenvalue weighted by Gasteiger charge is 2.66. The van der Waals surface area contributed by atoms with Gasteiger partial charge in [-0.25, -0.2) is 0 Å². The normalized spacial score (nSPS) is 21.3. The number of benzene rings is 4. The Hall–Kier alpha value is -4.90. The number of nitrogens with zero attached hydrogens (tertiary/aromatic N) is 1. The molecule has 1 fully saturated rings. The number of hydrogen-bond acceptors (Lipinski definition) is 6. The van der Waals surface area contributed by atoms with Crippen LogP contribution >= 0.6 is 0 Å². The lowest BCUT2D eigenvalue weighted by molar-refractivity contribution is -0.146. The molecule has 51 heavy (non-hydrogen) atoms. The maximum atomic E-state index is 14.9. The van der Waals surface area contributed by atoms with E-state index in [0.717, 1.165) is 39.0 Å². The SMILES string of the molecule is COc1ccc([Si](C)(C)[C@@H]2[C@@H](CCO)O[C@]3(C(=O)N(Cc4ccc(NC(=O)Cc5c[nH]c6ccccc56)cc4)c4ccc(OC)cc43)[C@H]2C)cc1. The molecule has 264 valence electrons. The maximum Gasteiger partial charge on any atom is 0.264 e. The van der Waals surface area contributed by atoms with Gasteiger partial charge in [0.25, 0.3) is 5.91 Å². The number of rotatable bonds is 11. The fourth-order valence-electron chi connectivity index (χ4n) is 8.51. The van der Waals surface area contributed by atoms with Gasteiger partial charge in [0.15, 0.2) is 5.60 Å². The molecule has 0 radical (unpaired) electrons. The monoisotopic (exact) mass is 703 g/mol. The van der Waals surface area contributed by atoms with E-state index >= 15 is 0 Å². The lowest BCUT2D eigenvalue weighted by Gasteiger charge is -2.37. The first-order valence-electron chi connectivity index (χ1n) is 17.5. The van der Waals surface area contributed by atoms with Crippen LogP contribution in [-0.4, -0.2) is 56.9 Å². The molecule has 10 heteroatoms. The van der Waals surface area contributed by atoms with Crippen molar-refractivity contribution in [1.82, 2.24) is 4.98 Å². The first-order chi connectivity index (χ1) is 24.6. The third-order valence-electron chi connectivity index (χ3n) is 11.1. The number of hydrogen-bond donors (Lipinski definition) is 3. The molecule has 2 aliphatic heterocycles. The average molecular weight is 704 g/mol. The van der Waals surface area contributed by atoms with E-state index in [2.05, 4.69) is 42.5 Å². The molecule has 3 N–H and O–H groups in total. The first kappa shape index (κ1) is 34.5. The number of amides is 2. The Morgan fingerprint density at radius 3 is 2.39 bits per heavy atom. The lowest BCUT2D eigenvalue weighted by atomic mass is 9.82. The molecule has 9 nitrogen and oxygen atoms in total. The number of carbonyl (C=O) groups excluding carboxylic acids is 2. The molecule has 1 spiro atoms. The summed E-state index contributed by atoms with van der Waals surface area (Å²) in [7, 11) is 0.994. The molecule has 2 aliphatic rings. The number of carbonyl (C=O) groups is 2. The summed E-state index contributed by atoms with van der Waals surface area (Å²) in [6.45, 7) is 7.08. The molecule has 0 saturated carbocycles. The molecule has 2 amide bonds. The third kappa shape index (κ3) is 6.01. The Kier molecular flexibility index (Phi) is 9.26. The zero-order valence-corrected chi connectivity index (χ0v) is 30.7. The Morgan fingerprint density at radius 2 is 1.69 bits per heavy atom. The Bertz CT molecular complexity index is 2060. The van der Waals surface area contributed by atoms with Crippen molar-refractivity contribution in [1.29, 1.82) is 0 Å². The van der Waals surface area contributed by atoms with Crippen LogP contribution in [0.15, 0.2) is 97.2 Å². The van der Waals surface area contributed by atoms with Gasteiger partial charge in [-0.15, -0.1) is 0 Å². The average Bonchev–Trinajstić information content (AvgIpc) is 3.76. The van der Waals surface area contributed by atoms with Crippen LogP contribution in [0.1, 0.15) is 30.0 Å². The van der Waals surface area contributed by atoms with E-state index in [0.29, 0.717) is 24.4 Å². The van der Waals surface area contributed by atoms with Crippen molar-refractivity contribution in [3.8, 4) is 11.5 Å². The summed E-state index contributed by atoms with van der Waals surface area (Å²) in [6.07, 6.45) is 2.25. The number of H-pyrrole nitrogens is 1. The van der Waals surface area contributed by atoms with Gasteiger partial charge in [-0.3, -0.25) is 9.59 Å². The molecule has 5 aromatic rings. The van der Waals surface area contributed by atoms with Gasteiger partial charge in [-0.1, -0.05) is 67.7 Å².